The molecule has 1 saturated heterocycles. The summed E-state index contributed by atoms with van der Waals surface area (Å²) < 4.78 is 2.37. The van der Waals surface area contributed by atoms with Crippen molar-refractivity contribution in [2.24, 2.45) is 5.92 Å². The van der Waals surface area contributed by atoms with Crippen molar-refractivity contribution >= 4 is 34.6 Å². The summed E-state index contributed by atoms with van der Waals surface area (Å²) in [6.45, 7) is 14.5. The number of pyridine rings is 1. The van der Waals surface area contributed by atoms with Gasteiger partial charge in [-0.3, -0.25) is 9.78 Å². The maximum atomic E-state index is 12.4. The summed E-state index contributed by atoms with van der Waals surface area (Å²) in [5.74, 6) is -0.0914. The lowest BCUT2D eigenvalue weighted by Crippen LogP contribution is -2.29. The average Bonchev–Trinajstić information content (AvgIpc) is 3.41. The predicted octanol–water partition coefficient (Wildman–Crippen LogP) is 7.19. The van der Waals surface area contributed by atoms with Gasteiger partial charge in [-0.25, -0.2) is 0 Å². The fourth-order valence-electron chi connectivity index (χ4n) is 5.75. The molecule has 0 unspecified atom stereocenters. The number of aryl methyl sites for hydroxylation is 4. The van der Waals surface area contributed by atoms with Gasteiger partial charge in [0.1, 0.15) is 0 Å². The molecule has 3 heterocycles. The van der Waals surface area contributed by atoms with Crippen LogP contribution in [0.25, 0.3) is 5.69 Å². The van der Waals surface area contributed by atoms with Crippen molar-refractivity contribution in [2.75, 3.05) is 10.2 Å². The largest absolute Gasteiger partial charge is 0.351 e. The lowest BCUT2D eigenvalue weighted by molar-refractivity contribution is -0.118. The zero-order valence-electron chi connectivity index (χ0n) is 24.2. The Labute approximate surface area is 242 Å². The highest BCUT2D eigenvalue weighted by atomic mass is 32.1. The first-order valence-electron chi connectivity index (χ1n) is 13.8. The molecule has 2 N–H and O–H groups in total. The number of aromatic nitrogens is 2. The van der Waals surface area contributed by atoms with Crippen molar-refractivity contribution in [3.8, 4) is 5.69 Å². The van der Waals surface area contributed by atoms with Gasteiger partial charge in [0.2, 0.25) is 5.91 Å². The first-order valence-corrected chi connectivity index (χ1v) is 14.2. The number of anilines is 2. The Morgan fingerprint density at radius 2 is 1.68 bits per heavy atom. The van der Waals surface area contributed by atoms with Crippen molar-refractivity contribution in [3.05, 3.63) is 106 Å². The monoisotopic (exact) mass is 551 g/mol. The minimum atomic E-state index is -0.138. The van der Waals surface area contributed by atoms with Crippen molar-refractivity contribution in [3.63, 3.8) is 0 Å². The summed E-state index contributed by atoms with van der Waals surface area (Å²) >= 11 is 5.99. The van der Waals surface area contributed by atoms with E-state index in [1.165, 1.54) is 33.8 Å². The van der Waals surface area contributed by atoms with Crippen LogP contribution in [0.5, 0.6) is 0 Å². The number of amides is 1. The number of carbonyl (C=O) groups is 1. The van der Waals surface area contributed by atoms with E-state index in [1.807, 2.05) is 51.2 Å². The van der Waals surface area contributed by atoms with Gasteiger partial charge in [-0.15, -0.1) is 0 Å². The second-order valence-electron chi connectivity index (χ2n) is 11.0. The van der Waals surface area contributed by atoms with Crippen molar-refractivity contribution in [1.82, 2.24) is 14.9 Å². The second-order valence-corrected chi connectivity index (χ2v) is 11.4. The highest BCUT2D eigenvalue weighted by Crippen LogP contribution is 2.44. The molecule has 6 nitrogen and oxygen atoms in total. The molecule has 2 atom stereocenters. The zero-order valence-corrected chi connectivity index (χ0v) is 25.1. The third kappa shape index (κ3) is 4.90. The second kappa shape index (κ2) is 10.9. The van der Waals surface area contributed by atoms with Gasteiger partial charge in [0, 0.05) is 34.9 Å². The molecule has 4 aromatic rings. The Hall–Kier alpha value is -3.97. The smallest absolute Gasteiger partial charge is 0.226 e. The van der Waals surface area contributed by atoms with Crippen LogP contribution < -0.4 is 15.5 Å². The Balaban J connectivity index is 1.65. The lowest BCUT2D eigenvalue weighted by Gasteiger charge is -2.29. The molecule has 0 aliphatic carbocycles. The Kier molecular flexibility index (Phi) is 7.51. The van der Waals surface area contributed by atoms with E-state index in [2.05, 4.69) is 84.2 Å². The molecule has 0 saturated carbocycles. The standard InChI is InChI=1S/C33H37N5OS/c1-19(2)32(39)35-27-15-14-25(17-22(27)5)38-31(29(36-33(38)40)28-13-8-9-16-34-28)26-18-23(6)37(24(26)7)30-20(3)11-10-12-21(30)4/h8-19,29,31H,1-7H3,(H,35,39)(H,36,40)/t29-,31+/m0/s1. The van der Waals surface area contributed by atoms with E-state index in [0.29, 0.717) is 5.11 Å². The van der Waals surface area contributed by atoms with Crippen molar-refractivity contribution < 1.29 is 4.79 Å². The van der Waals surface area contributed by atoms with E-state index in [4.69, 9.17) is 17.2 Å². The number of benzene rings is 2. The van der Waals surface area contributed by atoms with Gasteiger partial charge in [-0.2, -0.15) is 0 Å². The molecule has 206 valence electrons. The molecule has 0 radical (unpaired) electrons. The molecule has 1 aliphatic rings. The Bertz CT molecular complexity index is 1570. The van der Waals surface area contributed by atoms with Gasteiger partial charge in [0.15, 0.2) is 5.11 Å². The number of hydrogen-bond donors (Lipinski definition) is 2. The highest BCUT2D eigenvalue weighted by molar-refractivity contribution is 7.80. The van der Waals surface area contributed by atoms with Crippen LogP contribution in [0, 0.1) is 40.5 Å². The highest BCUT2D eigenvalue weighted by Gasteiger charge is 2.42. The SMILES string of the molecule is Cc1cc(N2C(=S)N[C@@H](c3ccccn3)[C@H]2c2cc(C)n(-c3c(C)cccc3C)c2C)ccc1NC(=O)C(C)C. The topological polar surface area (TPSA) is 62.2 Å². The third-order valence-corrected chi connectivity index (χ3v) is 8.14. The third-order valence-electron chi connectivity index (χ3n) is 7.82. The lowest BCUT2D eigenvalue weighted by atomic mass is 9.96. The van der Waals surface area contributed by atoms with Gasteiger partial charge >= 0.3 is 0 Å². The molecule has 5 rings (SSSR count). The summed E-state index contributed by atoms with van der Waals surface area (Å²) in [6, 6.07) is 20.6. The first kappa shape index (κ1) is 27.6. The summed E-state index contributed by atoms with van der Waals surface area (Å²) in [5, 5.41) is 7.28. The van der Waals surface area contributed by atoms with Gasteiger partial charge < -0.3 is 20.1 Å². The van der Waals surface area contributed by atoms with Crippen LogP contribution in [-0.2, 0) is 4.79 Å². The normalized spacial score (nSPS) is 16.9. The van der Waals surface area contributed by atoms with Crippen LogP contribution in [0.2, 0.25) is 0 Å². The van der Waals surface area contributed by atoms with Crippen LogP contribution >= 0.6 is 12.2 Å². The van der Waals surface area contributed by atoms with Gasteiger partial charge in [0.05, 0.1) is 23.5 Å². The number of rotatable bonds is 6. The summed E-state index contributed by atoms with van der Waals surface area (Å²) in [6.07, 6.45) is 1.83. The fraction of sp³-hybridized carbons (Fsp3) is 0.303. The maximum absolute atomic E-state index is 12.4. The summed E-state index contributed by atoms with van der Waals surface area (Å²) in [4.78, 5) is 19.3. The molecule has 0 bridgehead atoms. The minimum absolute atomic E-state index is 0.00115. The Morgan fingerprint density at radius 1 is 0.950 bits per heavy atom. The number of thiocarbonyl (C=S) groups is 1. The van der Waals surface area contributed by atoms with E-state index < -0.39 is 0 Å². The summed E-state index contributed by atoms with van der Waals surface area (Å²) in [5.41, 5.74) is 10.9. The van der Waals surface area contributed by atoms with Crippen molar-refractivity contribution in [1.29, 1.82) is 0 Å². The minimum Gasteiger partial charge on any atom is -0.351 e. The molecule has 2 aromatic carbocycles. The number of nitrogens with one attached hydrogen (secondary N) is 2. The van der Waals surface area contributed by atoms with Crippen LogP contribution in [0.15, 0.2) is 66.9 Å². The molecule has 40 heavy (non-hydrogen) atoms. The number of carbonyl (C=O) groups excluding carboxylic acids is 1. The molecule has 7 heteroatoms. The van der Waals surface area contributed by atoms with E-state index in [9.17, 15) is 4.79 Å². The van der Waals surface area contributed by atoms with E-state index in [0.717, 1.165) is 22.6 Å². The van der Waals surface area contributed by atoms with Crippen LogP contribution in [0.4, 0.5) is 11.4 Å². The fourth-order valence-corrected chi connectivity index (χ4v) is 6.10. The number of para-hydroxylation sites is 1. The quantitative estimate of drug-likeness (QED) is 0.249. The van der Waals surface area contributed by atoms with Crippen molar-refractivity contribution in [2.45, 2.75) is 60.5 Å². The van der Waals surface area contributed by atoms with Gasteiger partial charge in [0.25, 0.3) is 0 Å². The molecule has 1 amide bonds. The molecule has 1 fully saturated rings. The molecule has 2 aromatic heterocycles. The van der Waals surface area contributed by atoms with Gasteiger partial charge in [-0.05, 0) is 105 Å². The maximum Gasteiger partial charge on any atom is 0.226 e. The van der Waals surface area contributed by atoms with Crippen LogP contribution in [0.3, 0.4) is 0 Å². The van der Waals surface area contributed by atoms with E-state index in [1.54, 1.807) is 0 Å². The molecular formula is C33H37N5OS. The van der Waals surface area contributed by atoms with Crippen LogP contribution in [-0.4, -0.2) is 20.6 Å². The molecule has 1 aliphatic heterocycles. The first-order chi connectivity index (χ1) is 19.1. The van der Waals surface area contributed by atoms with E-state index >= 15 is 0 Å². The van der Waals surface area contributed by atoms with Crippen LogP contribution in [0.1, 0.15) is 65.3 Å². The Morgan fingerprint density at radius 3 is 2.30 bits per heavy atom. The average molecular weight is 552 g/mol. The molecule has 0 spiro atoms. The number of hydrogen-bond acceptors (Lipinski definition) is 3. The predicted molar refractivity (Wildman–Crippen MR) is 167 cm³/mol. The summed E-state index contributed by atoms with van der Waals surface area (Å²) in [7, 11) is 0. The van der Waals surface area contributed by atoms with Gasteiger partial charge in [-0.1, -0.05) is 38.1 Å². The van der Waals surface area contributed by atoms with E-state index in [-0.39, 0.29) is 23.9 Å². The zero-order chi connectivity index (χ0) is 28.7. The molecular weight excluding hydrogens is 514 g/mol. The number of nitrogens with zero attached hydrogens (tertiary/aromatic N) is 3.